The van der Waals surface area contributed by atoms with Crippen molar-refractivity contribution in [1.29, 1.82) is 0 Å². The highest BCUT2D eigenvalue weighted by atomic mass is 32.1. The molecule has 1 heterocycles. The minimum Gasteiger partial charge on any atom is -0.497 e. The molecule has 2 aromatic carbocycles. The molecule has 0 radical (unpaired) electrons. The monoisotopic (exact) mass is 298 g/mol. The Labute approximate surface area is 126 Å². The first-order valence-corrected chi connectivity index (χ1v) is 7.29. The Hall–Kier alpha value is -2.33. The van der Waals surface area contributed by atoms with E-state index in [2.05, 4.69) is 0 Å². The quantitative estimate of drug-likeness (QED) is 0.734. The van der Waals surface area contributed by atoms with E-state index in [0.29, 0.717) is 0 Å². The lowest BCUT2D eigenvalue weighted by atomic mass is 10.1. The summed E-state index contributed by atoms with van der Waals surface area (Å²) in [6.45, 7) is 0. The van der Waals surface area contributed by atoms with Crippen LogP contribution >= 0.6 is 11.3 Å². The molecule has 0 fully saturated rings. The normalized spacial score (nSPS) is 10.6. The van der Waals surface area contributed by atoms with E-state index in [9.17, 15) is 4.79 Å². The van der Waals surface area contributed by atoms with Gasteiger partial charge in [-0.3, -0.25) is 4.79 Å². The Kier molecular flexibility index (Phi) is 3.62. The van der Waals surface area contributed by atoms with Gasteiger partial charge >= 0.3 is 0 Å². The van der Waals surface area contributed by atoms with Crippen LogP contribution in [0.4, 0.5) is 0 Å². The van der Waals surface area contributed by atoms with Crippen molar-refractivity contribution in [3.8, 4) is 21.9 Å². The van der Waals surface area contributed by atoms with Gasteiger partial charge in [-0.1, -0.05) is 0 Å². The molecular weight excluding hydrogens is 284 g/mol. The van der Waals surface area contributed by atoms with Crippen molar-refractivity contribution in [1.82, 2.24) is 0 Å². The van der Waals surface area contributed by atoms with Gasteiger partial charge in [0.1, 0.15) is 11.5 Å². The minimum atomic E-state index is 0.0252. The van der Waals surface area contributed by atoms with E-state index in [0.717, 1.165) is 32.0 Å². The van der Waals surface area contributed by atoms with Crippen LogP contribution in [0.3, 0.4) is 0 Å². The maximum absolute atomic E-state index is 12.2. The third-order valence-corrected chi connectivity index (χ3v) is 4.44. The standard InChI is InChI=1S/C17H14O3S/c1-19-12-5-3-11(4-6-12)16-10-15(18)14-8-7-13(20-2)9-17(14)21-16/h3-10H,1-2H3. The highest BCUT2D eigenvalue weighted by Gasteiger charge is 2.06. The summed E-state index contributed by atoms with van der Waals surface area (Å²) in [7, 11) is 3.26. The topological polar surface area (TPSA) is 35.5 Å². The van der Waals surface area contributed by atoms with Gasteiger partial charge in [0.05, 0.1) is 14.2 Å². The Morgan fingerprint density at radius 1 is 0.857 bits per heavy atom. The van der Waals surface area contributed by atoms with Gasteiger partial charge in [-0.05, 0) is 48.0 Å². The second-order valence-electron chi connectivity index (χ2n) is 4.57. The molecule has 0 saturated heterocycles. The average molecular weight is 298 g/mol. The zero-order valence-electron chi connectivity index (χ0n) is 11.8. The van der Waals surface area contributed by atoms with E-state index < -0.39 is 0 Å². The molecular formula is C17H14O3S. The predicted octanol–water partition coefficient (Wildman–Crippen LogP) is 3.95. The lowest BCUT2D eigenvalue weighted by molar-refractivity contribution is 0.415. The van der Waals surface area contributed by atoms with Crippen LogP contribution in [0.2, 0.25) is 0 Å². The molecule has 0 unspecified atom stereocenters. The molecule has 1 aromatic heterocycles. The fourth-order valence-electron chi connectivity index (χ4n) is 2.16. The van der Waals surface area contributed by atoms with Gasteiger partial charge in [0, 0.05) is 21.0 Å². The minimum absolute atomic E-state index is 0.0252. The van der Waals surface area contributed by atoms with Crippen molar-refractivity contribution < 1.29 is 9.47 Å². The first-order chi connectivity index (χ1) is 10.2. The maximum Gasteiger partial charge on any atom is 0.188 e. The van der Waals surface area contributed by atoms with Crippen molar-refractivity contribution >= 4 is 21.4 Å². The largest absolute Gasteiger partial charge is 0.497 e. The van der Waals surface area contributed by atoms with Crippen molar-refractivity contribution in [3.63, 3.8) is 0 Å². The van der Waals surface area contributed by atoms with Gasteiger partial charge in [0.15, 0.2) is 5.43 Å². The van der Waals surface area contributed by atoms with Crippen molar-refractivity contribution in [2.24, 2.45) is 0 Å². The van der Waals surface area contributed by atoms with Gasteiger partial charge in [-0.25, -0.2) is 0 Å². The number of hydrogen-bond donors (Lipinski definition) is 0. The molecule has 0 N–H and O–H groups in total. The molecule has 0 saturated carbocycles. The number of ether oxygens (including phenoxy) is 2. The zero-order chi connectivity index (χ0) is 14.8. The van der Waals surface area contributed by atoms with Crippen LogP contribution in [0.1, 0.15) is 0 Å². The molecule has 0 amide bonds. The smallest absolute Gasteiger partial charge is 0.188 e. The molecule has 106 valence electrons. The summed E-state index contributed by atoms with van der Waals surface area (Å²) in [6.07, 6.45) is 0. The Balaban J connectivity index is 2.15. The summed E-state index contributed by atoms with van der Waals surface area (Å²) in [5, 5.41) is 0.720. The van der Waals surface area contributed by atoms with Gasteiger partial charge in [0.25, 0.3) is 0 Å². The average Bonchev–Trinajstić information content (AvgIpc) is 2.54. The number of hydrogen-bond acceptors (Lipinski definition) is 4. The van der Waals surface area contributed by atoms with E-state index in [-0.39, 0.29) is 5.43 Å². The molecule has 3 rings (SSSR count). The lowest BCUT2D eigenvalue weighted by Gasteiger charge is -2.06. The number of fused-ring (bicyclic) bond motifs is 1. The van der Waals surface area contributed by atoms with Crippen LogP contribution in [0.25, 0.3) is 20.5 Å². The number of methoxy groups -OCH3 is 2. The molecule has 0 bridgehead atoms. The Morgan fingerprint density at radius 2 is 1.52 bits per heavy atom. The van der Waals surface area contributed by atoms with Crippen LogP contribution in [0, 0.1) is 0 Å². The van der Waals surface area contributed by atoms with Crippen LogP contribution in [-0.2, 0) is 0 Å². The molecule has 0 aliphatic carbocycles. The summed E-state index contributed by atoms with van der Waals surface area (Å²) in [6, 6.07) is 14.9. The van der Waals surface area contributed by atoms with Crippen LogP contribution in [-0.4, -0.2) is 14.2 Å². The third kappa shape index (κ3) is 2.62. The SMILES string of the molecule is COc1ccc(-c2cc(=O)c3ccc(OC)cc3s2)cc1. The van der Waals surface area contributed by atoms with Gasteiger partial charge < -0.3 is 9.47 Å². The molecule has 0 atom stereocenters. The molecule has 3 nitrogen and oxygen atoms in total. The van der Waals surface area contributed by atoms with E-state index in [1.165, 1.54) is 0 Å². The first kappa shape index (κ1) is 13.6. The van der Waals surface area contributed by atoms with Gasteiger partial charge in [-0.15, -0.1) is 11.3 Å². The summed E-state index contributed by atoms with van der Waals surface area (Å²) < 4.78 is 11.3. The fourth-order valence-corrected chi connectivity index (χ4v) is 3.27. The maximum atomic E-state index is 12.2. The molecule has 0 aliphatic heterocycles. The summed E-state index contributed by atoms with van der Waals surface area (Å²) in [5.74, 6) is 1.55. The lowest BCUT2D eigenvalue weighted by Crippen LogP contribution is -1.99. The molecule has 21 heavy (non-hydrogen) atoms. The molecule has 4 heteroatoms. The Bertz CT molecular complexity index is 835. The van der Waals surface area contributed by atoms with Crippen molar-refractivity contribution in [3.05, 3.63) is 58.8 Å². The number of benzene rings is 2. The summed E-state index contributed by atoms with van der Waals surface area (Å²) in [5.41, 5.74) is 1.03. The molecule has 3 aromatic rings. The third-order valence-electron chi connectivity index (χ3n) is 3.31. The summed E-state index contributed by atoms with van der Waals surface area (Å²) >= 11 is 1.58. The fraction of sp³-hybridized carbons (Fsp3) is 0.118. The molecule has 0 spiro atoms. The van der Waals surface area contributed by atoms with E-state index in [1.54, 1.807) is 31.6 Å². The number of rotatable bonds is 3. The second-order valence-corrected chi connectivity index (χ2v) is 5.65. The zero-order valence-corrected chi connectivity index (χ0v) is 12.6. The van der Waals surface area contributed by atoms with Crippen molar-refractivity contribution in [2.45, 2.75) is 0 Å². The van der Waals surface area contributed by atoms with Gasteiger partial charge in [-0.2, -0.15) is 0 Å². The van der Waals surface area contributed by atoms with Crippen molar-refractivity contribution in [2.75, 3.05) is 14.2 Å². The van der Waals surface area contributed by atoms with E-state index in [4.69, 9.17) is 9.47 Å². The van der Waals surface area contributed by atoms with E-state index >= 15 is 0 Å². The van der Waals surface area contributed by atoms with Crippen LogP contribution in [0.5, 0.6) is 11.5 Å². The predicted molar refractivity (Wildman–Crippen MR) is 86.6 cm³/mol. The van der Waals surface area contributed by atoms with Crippen LogP contribution < -0.4 is 14.9 Å². The van der Waals surface area contributed by atoms with Gasteiger partial charge in [0.2, 0.25) is 0 Å². The molecule has 0 aliphatic rings. The first-order valence-electron chi connectivity index (χ1n) is 6.47. The summed E-state index contributed by atoms with van der Waals surface area (Å²) in [4.78, 5) is 13.2. The second kappa shape index (κ2) is 5.58. The highest BCUT2D eigenvalue weighted by Crippen LogP contribution is 2.30. The van der Waals surface area contributed by atoms with E-state index in [1.807, 2.05) is 42.5 Å². The van der Waals surface area contributed by atoms with Crippen LogP contribution in [0.15, 0.2) is 53.3 Å². The Morgan fingerprint density at radius 3 is 2.19 bits per heavy atom. The highest BCUT2D eigenvalue weighted by molar-refractivity contribution is 7.21.